The maximum absolute atomic E-state index is 12.3. The zero-order valence-corrected chi connectivity index (χ0v) is 10.8. The fourth-order valence-electron chi connectivity index (χ4n) is 1.84. The second-order valence-electron chi connectivity index (χ2n) is 4.25. The molecule has 1 heterocycles. The van der Waals surface area contributed by atoms with E-state index in [1.54, 1.807) is 48.8 Å². The Labute approximate surface area is 116 Å². The highest BCUT2D eigenvalue weighted by Crippen LogP contribution is 2.14. The minimum Gasteiger partial charge on any atom is -0.480 e. The van der Waals surface area contributed by atoms with Crippen LogP contribution in [0.5, 0.6) is 0 Å². The summed E-state index contributed by atoms with van der Waals surface area (Å²) in [5.41, 5.74) is 1.33. The topological polar surface area (TPSA) is 70.5 Å². The first-order chi connectivity index (χ1) is 9.66. The van der Waals surface area contributed by atoms with Gasteiger partial charge in [0, 0.05) is 18.1 Å². The largest absolute Gasteiger partial charge is 0.480 e. The number of carboxylic acids is 1. The number of para-hydroxylation sites is 1. The number of amides is 1. The van der Waals surface area contributed by atoms with Gasteiger partial charge in [0.1, 0.15) is 6.54 Å². The molecule has 0 radical (unpaired) electrons. The van der Waals surface area contributed by atoms with Crippen LogP contribution in [0, 0.1) is 0 Å². The molecule has 1 amide bonds. The third-order valence-corrected chi connectivity index (χ3v) is 2.74. The summed E-state index contributed by atoms with van der Waals surface area (Å²) in [5.74, 6) is -1.32. The average Bonchev–Trinajstić information content (AvgIpc) is 2.46. The molecule has 0 aliphatic heterocycles. The number of pyridine rings is 1. The molecule has 5 heteroatoms. The van der Waals surface area contributed by atoms with E-state index in [4.69, 9.17) is 5.11 Å². The van der Waals surface area contributed by atoms with Gasteiger partial charge in [0.15, 0.2) is 0 Å². The van der Waals surface area contributed by atoms with Crippen molar-refractivity contribution in [1.82, 2.24) is 4.98 Å². The van der Waals surface area contributed by atoms with Crippen LogP contribution in [0.25, 0.3) is 0 Å². The average molecular weight is 270 g/mol. The van der Waals surface area contributed by atoms with Crippen LogP contribution >= 0.6 is 0 Å². The molecule has 1 N–H and O–H groups in total. The Morgan fingerprint density at radius 2 is 1.85 bits per heavy atom. The van der Waals surface area contributed by atoms with Crippen molar-refractivity contribution in [3.63, 3.8) is 0 Å². The number of rotatable bonds is 5. The van der Waals surface area contributed by atoms with Crippen LogP contribution in [0.2, 0.25) is 0 Å². The summed E-state index contributed by atoms with van der Waals surface area (Å²) in [4.78, 5) is 28.4. The van der Waals surface area contributed by atoms with E-state index < -0.39 is 5.97 Å². The van der Waals surface area contributed by atoms with Crippen LogP contribution < -0.4 is 4.90 Å². The first-order valence-electron chi connectivity index (χ1n) is 6.13. The SMILES string of the molecule is O=C(O)CN(C(=O)Cc1cccnc1)c1ccccc1. The van der Waals surface area contributed by atoms with Crippen molar-refractivity contribution in [2.75, 3.05) is 11.4 Å². The van der Waals surface area contributed by atoms with Gasteiger partial charge in [0.25, 0.3) is 0 Å². The molecule has 1 aromatic heterocycles. The molecule has 0 aliphatic carbocycles. The summed E-state index contributed by atoms with van der Waals surface area (Å²) in [6.07, 6.45) is 3.35. The third kappa shape index (κ3) is 3.65. The molecule has 2 rings (SSSR count). The summed E-state index contributed by atoms with van der Waals surface area (Å²) in [6.45, 7) is -0.358. The molecule has 0 spiro atoms. The number of anilines is 1. The van der Waals surface area contributed by atoms with Gasteiger partial charge in [0.2, 0.25) is 5.91 Å². The lowest BCUT2D eigenvalue weighted by Crippen LogP contribution is -2.36. The number of aromatic nitrogens is 1. The zero-order chi connectivity index (χ0) is 14.4. The van der Waals surface area contributed by atoms with Crippen molar-refractivity contribution in [2.24, 2.45) is 0 Å². The molecule has 0 fully saturated rings. The maximum Gasteiger partial charge on any atom is 0.323 e. The van der Waals surface area contributed by atoms with E-state index in [0.717, 1.165) is 5.56 Å². The highest BCUT2D eigenvalue weighted by molar-refractivity contribution is 5.98. The first kappa shape index (κ1) is 13.7. The molecule has 0 aliphatic rings. The van der Waals surface area contributed by atoms with Gasteiger partial charge >= 0.3 is 5.97 Å². The highest BCUT2D eigenvalue weighted by Gasteiger charge is 2.18. The summed E-state index contributed by atoms with van der Waals surface area (Å²) in [7, 11) is 0. The molecule has 5 nitrogen and oxygen atoms in total. The van der Waals surface area contributed by atoms with Crippen molar-refractivity contribution in [2.45, 2.75) is 6.42 Å². The number of hydrogen-bond donors (Lipinski definition) is 1. The fraction of sp³-hybridized carbons (Fsp3) is 0.133. The lowest BCUT2D eigenvalue weighted by atomic mass is 10.2. The van der Waals surface area contributed by atoms with Crippen molar-refractivity contribution < 1.29 is 14.7 Å². The number of carboxylic acid groups (broad SMARTS) is 1. The monoisotopic (exact) mass is 270 g/mol. The Morgan fingerprint density at radius 3 is 2.45 bits per heavy atom. The van der Waals surface area contributed by atoms with Crippen molar-refractivity contribution >= 4 is 17.6 Å². The Kier molecular flexibility index (Phi) is 4.44. The van der Waals surface area contributed by atoms with E-state index in [2.05, 4.69) is 4.98 Å². The molecule has 102 valence electrons. The molecule has 1 aromatic carbocycles. The van der Waals surface area contributed by atoms with Crippen LogP contribution in [0.15, 0.2) is 54.9 Å². The smallest absolute Gasteiger partial charge is 0.323 e. The van der Waals surface area contributed by atoms with Crippen LogP contribution in [0.4, 0.5) is 5.69 Å². The predicted octanol–water partition coefficient (Wildman–Crippen LogP) is 1.74. The first-order valence-corrected chi connectivity index (χ1v) is 6.13. The number of aliphatic carboxylic acids is 1. The van der Waals surface area contributed by atoms with Gasteiger partial charge in [-0.1, -0.05) is 24.3 Å². The van der Waals surface area contributed by atoms with E-state index in [1.165, 1.54) is 4.90 Å². The van der Waals surface area contributed by atoms with E-state index in [9.17, 15) is 9.59 Å². The minimum atomic E-state index is -1.05. The molecular weight excluding hydrogens is 256 g/mol. The van der Waals surface area contributed by atoms with E-state index in [1.807, 2.05) is 6.07 Å². The van der Waals surface area contributed by atoms with Crippen molar-refractivity contribution in [3.8, 4) is 0 Å². The third-order valence-electron chi connectivity index (χ3n) is 2.74. The number of nitrogens with zero attached hydrogens (tertiary/aromatic N) is 2. The Bertz CT molecular complexity index is 585. The summed E-state index contributed by atoms with van der Waals surface area (Å²) in [5, 5.41) is 8.95. The van der Waals surface area contributed by atoms with Gasteiger partial charge in [0.05, 0.1) is 6.42 Å². The second-order valence-corrected chi connectivity index (χ2v) is 4.25. The number of hydrogen-bond acceptors (Lipinski definition) is 3. The van der Waals surface area contributed by atoms with Crippen LogP contribution in [0.1, 0.15) is 5.56 Å². The van der Waals surface area contributed by atoms with Crippen molar-refractivity contribution in [1.29, 1.82) is 0 Å². The molecule has 0 unspecified atom stereocenters. The van der Waals surface area contributed by atoms with E-state index in [-0.39, 0.29) is 18.9 Å². The molecule has 20 heavy (non-hydrogen) atoms. The second kappa shape index (κ2) is 6.47. The minimum absolute atomic E-state index is 0.121. The number of benzene rings is 1. The van der Waals surface area contributed by atoms with E-state index >= 15 is 0 Å². The molecule has 0 saturated heterocycles. The standard InChI is InChI=1S/C15H14N2O3/c18-14(9-12-5-4-8-16-10-12)17(11-15(19)20)13-6-2-1-3-7-13/h1-8,10H,9,11H2,(H,19,20). The Hall–Kier alpha value is -2.69. The Balaban J connectivity index is 2.18. The lowest BCUT2D eigenvalue weighted by molar-refractivity contribution is -0.136. The summed E-state index contributed by atoms with van der Waals surface area (Å²) < 4.78 is 0. The number of carbonyl (C=O) groups excluding carboxylic acids is 1. The van der Waals surface area contributed by atoms with Gasteiger partial charge in [-0.3, -0.25) is 14.6 Å². The quantitative estimate of drug-likeness (QED) is 0.898. The van der Waals surface area contributed by atoms with Gasteiger partial charge in [-0.05, 0) is 23.8 Å². The van der Waals surface area contributed by atoms with Crippen LogP contribution in [-0.4, -0.2) is 28.5 Å². The Morgan fingerprint density at radius 1 is 1.10 bits per heavy atom. The highest BCUT2D eigenvalue weighted by atomic mass is 16.4. The molecule has 0 saturated carbocycles. The zero-order valence-electron chi connectivity index (χ0n) is 10.8. The molecular formula is C15H14N2O3. The lowest BCUT2D eigenvalue weighted by Gasteiger charge is -2.20. The van der Waals surface area contributed by atoms with Gasteiger partial charge in [-0.25, -0.2) is 0 Å². The number of carbonyl (C=O) groups is 2. The molecule has 0 bridgehead atoms. The maximum atomic E-state index is 12.3. The van der Waals surface area contributed by atoms with Crippen LogP contribution in [0.3, 0.4) is 0 Å². The van der Waals surface area contributed by atoms with Crippen molar-refractivity contribution in [3.05, 3.63) is 60.4 Å². The fourth-order valence-corrected chi connectivity index (χ4v) is 1.84. The van der Waals surface area contributed by atoms with Crippen LogP contribution in [-0.2, 0) is 16.0 Å². The summed E-state index contributed by atoms with van der Waals surface area (Å²) in [6, 6.07) is 12.3. The van der Waals surface area contributed by atoms with E-state index in [0.29, 0.717) is 5.69 Å². The predicted molar refractivity (Wildman–Crippen MR) is 74.4 cm³/mol. The van der Waals surface area contributed by atoms with Gasteiger partial charge < -0.3 is 10.0 Å². The molecule has 2 aromatic rings. The summed E-state index contributed by atoms with van der Waals surface area (Å²) >= 11 is 0. The van der Waals surface area contributed by atoms with Gasteiger partial charge in [-0.2, -0.15) is 0 Å². The normalized spacial score (nSPS) is 10.0. The molecule has 0 atom stereocenters. The van der Waals surface area contributed by atoms with Gasteiger partial charge in [-0.15, -0.1) is 0 Å².